The quantitative estimate of drug-likeness (QED) is 0.416. The highest BCUT2D eigenvalue weighted by Crippen LogP contribution is 2.40. The summed E-state index contributed by atoms with van der Waals surface area (Å²) < 4.78 is 5.27. The van der Waals surface area contributed by atoms with Crippen LogP contribution < -0.4 is 4.90 Å². The zero-order valence-corrected chi connectivity index (χ0v) is 17.8. The van der Waals surface area contributed by atoms with E-state index < -0.39 is 0 Å². The molecule has 30 heavy (non-hydrogen) atoms. The minimum Gasteiger partial charge on any atom is -0.461 e. The molecule has 0 bridgehead atoms. The van der Waals surface area contributed by atoms with E-state index in [1.54, 1.807) is 0 Å². The Morgan fingerprint density at radius 2 is 1.63 bits per heavy atom. The maximum Gasteiger partial charge on any atom is 0.355 e. The highest BCUT2D eigenvalue weighted by Gasteiger charge is 2.21. The molecule has 0 atom stereocenters. The van der Waals surface area contributed by atoms with Gasteiger partial charge in [-0.1, -0.05) is 48.5 Å². The number of H-pyrrole nitrogens is 1. The van der Waals surface area contributed by atoms with E-state index in [-0.39, 0.29) is 5.97 Å². The van der Waals surface area contributed by atoms with E-state index in [0.29, 0.717) is 12.3 Å². The number of anilines is 1. The third kappa shape index (κ3) is 3.45. The second-order valence-electron chi connectivity index (χ2n) is 7.56. The van der Waals surface area contributed by atoms with Gasteiger partial charge in [0, 0.05) is 30.7 Å². The second kappa shape index (κ2) is 8.07. The number of nitrogens with one attached hydrogen (secondary N) is 1. The minimum absolute atomic E-state index is 0.318. The summed E-state index contributed by atoms with van der Waals surface area (Å²) in [6, 6.07) is 23.1. The number of ether oxygens (including phenoxy) is 1. The summed E-state index contributed by atoms with van der Waals surface area (Å²) in [5.41, 5.74) is 8.02. The summed E-state index contributed by atoms with van der Waals surface area (Å²) in [6.07, 6.45) is 0. The summed E-state index contributed by atoms with van der Waals surface area (Å²) in [6.45, 7) is 4.15. The van der Waals surface area contributed by atoms with Crippen molar-refractivity contribution in [2.24, 2.45) is 0 Å². The molecule has 0 aliphatic heterocycles. The Hall–Kier alpha value is -3.53. The van der Waals surface area contributed by atoms with Crippen LogP contribution in [-0.4, -0.2) is 31.7 Å². The Bertz CT molecular complexity index is 1190. The zero-order valence-electron chi connectivity index (χ0n) is 17.8. The van der Waals surface area contributed by atoms with E-state index in [0.717, 1.165) is 44.4 Å². The molecular weight excluding hydrogens is 372 g/mol. The monoisotopic (exact) mass is 398 g/mol. The average molecular weight is 399 g/mol. The number of nitrogens with zero attached hydrogens (tertiary/aromatic N) is 1. The van der Waals surface area contributed by atoms with Gasteiger partial charge >= 0.3 is 5.97 Å². The molecule has 0 fully saturated rings. The molecule has 3 aromatic carbocycles. The average Bonchev–Trinajstić information content (AvgIpc) is 3.11. The number of rotatable bonds is 5. The largest absolute Gasteiger partial charge is 0.461 e. The van der Waals surface area contributed by atoms with Crippen molar-refractivity contribution >= 4 is 22.6 Å². The normalized spacial score (nSPS) is 10.9. The molecule has 4 nitrogen and oxygen atoms in total. The molecule has 0 saturated heterocycles. The molecule has 4 heteroatoms. The molecule has 152 valence electrons. The van der Waals surface area contributed by atoms with Crippen LogP contribution in [0.15, 0.2) is 66.7 Å². The number of benzene rings is 3. The lowest BCUT2D eigenvalue weighted by Crippen LogP contribution is -2.08. The number of aromatic amines is 1. The van der Waals surface area contributed by atoms with Crippen molar-refractivity contribution in [3.8, 4) is 22.3 Å². The third-order valence-electron chi connectivity index (χ3n) is 5.45. The van der Waals surface area contributed by atoms with Crippen LogP contribution in [0.2, 0.25) is 0 Å². The molecule has 0 aliphatic rings. The van der Waals surface area contributed by atoms with Crippen molar-refractivity contribution in [3.63, 3.8) is 0 Å². The van der Waals surface area contributed by atoms with Gasteiger partial charge < -0.3 is 14.6 Å². The molecular formula is C26H26N2O2. The first-order valence-corrected chi connectivity index (χ1v) is 10.2. The van der Waals surface area contributed by atoms with Crippen LogP contribution in [0.5, 0.6) is 0 Å². The predicted molar refractivity (Wildman–Crippen MR) is 124 cm³/mol. The second-order valence-corrected chi connectivity index (χ2v) is 7.56. The fraction of sp³-hybridized carbons (Fsp3) is 0.192. The van der Waals surface area contributed by atoms with Gasteiger partial charge in [-0.15, -0.1) is 0 Å². The lowest BCUT2D eigenvalue weighted by Gasteiger charge is -2.16. The van der Waals surface area contributed by atoms with Crippen LogP contribution in [-0.2, 0) is 4.74 Å². The Labute approximate surface area is 177 Å². The van der Waals surface area contributed by atoms with Gasteiger partial charge in [0.25, 0.3) is 0 Å². The fourth-order valence-electron chi connectivity index (χ4n) is 3.94. The Morgan fingerprint density at radius 1 is 0.933 bits per heavy atom. The van der Waals surface area contributed by atoms with Gasteiger partial charge in [0.1, 0.15) is 5.69 Å². The molecule has 1 N–H and O–H groups in total. The summed E-state index contributed by atoms with van der Waals surface area (Å²) in [5, 5.41) is 1.05. The van der Waals surface area contributed by atoms with Crippen LogP contribution in [0.25, 0.3) is 33.2 Å². The molecule has 0 saturated carbocycles. The van der Waals surface area contributed by atoms with E-state index in [1.807, 2.05) is 52.2 Å². The first kappa shape index (κ1) is 19.8. The predicted octanol–water partition coefficient (Wildman–Crippen LogP) is 6.05. The lowest BCUT2D eigenvalue weighted by molar-refractivity contribution is 0.0520. The molecule has 0 unspecified atom stereocenters. The lowest BCUT2D eigenvalue weighted by atomic mass is 9.90. The van der Waals surface area contributed by atoms with Crippen LogP contribution in [0, 0.1) is 6.92 Å². The number of esters is 1. The molecule has 1 aromatic heterocycles. The molecule has 4 aromatic rings. The summed E-state index contributed by atoms with van der Waals surface area (Å²) in [7, 11) is 4.07. The zero-order chi connectivity index (χ0) is 21.3. The van der Waals surface area contributed by atoms with Gasteiger partial charge in [-0.25, -0.2) is 4.79 Å². The van der Waals surface area contributed by atoms with Crippen LogP contribution in [0.1, 0.15) is 23.0 Å². The third-order valence-corrected chi connectivity index (χ3v) is 5.45. The van der Waals surface area contributed by atoms with Gasteiger partial charge in [0.15, 0.2) is 0 Å². The van der Waals surface area contributed by atoms with Crippen molar-refractivity contribution in [1.82, 2.24) is 4.98 Å². The number of hydrogen-bond donors (Lipinski definition) is 1. The van der Waals surface area contributed by atoms with Crippen molar-refractivity contribution in [2.75, 3.05) is 25.6 Å². The molecule has 0 radical (unpaired) electrons. The topological polar surface area (TPSA) is 45.3 Å². The van der Waals surface area contributed by atoms with Gasteiger partial charge in [-0.3, -0.25) is 0 Å². The molecule has 0 spiro atoms. The van der Waals surface area contributed by atoms with E-state index in [9.17, 15) is 4.79 Å². The number of hydrogen-bond acceptors (Lipinski definition) is 3. The molecule has 1 heterocycles. The first-order valence-electron chi connectivity index (χ1n) is 10.2. The smallest absolute Gasteiger partial charge is 0.355 e. The number of carbonyl (C=O) groups excluding carboxylic acids is 1. The number of carbonyl (C=O) groups is 1. The molecule has 0 aliphatic carbocycles. The van der Waals surface area contributed by atoms with Gasteiger partial charge in [0.2, 0.25) is 0 Å². The SMILES string of the molecule is CCOC(=O)c1[nH]c2ccc(-c3ccccc3)c(-c3ccc(N(C)C)cc3)c2c1C. The Morgan fingerprint density at radius 3 is 2.27 bits per heavy atom. The number of aryl methyl sites for hydroxylation is 1. The highest BCUT2D eigenvalue weighted by atomic mass is 16.5. The van der Waals surface area contributed by atoms with Crippen LogP contribution in [0.3, 0.4) is 0 Å². The van der Waals surface area contributed by atoms with E-state index in [4.69, 9.17) is 4.74 Å². The first-order chi connectivity index (χ1) is 14.5. The molecule has 4 rings (SSSR count). The van der Waals surface area contributed by atoms with Crippen molar-refractivity contribution in [1.29, 1.82) is 0 Å². The van der Waals surface area contributed by atoms with Gasteiger partial charge in [0.05, 0.1) is 6.61 Å². The van der Waals surface area contributed by atoms with Crippen LogP contribution >= 0.6 is 0 Å². The van der Waals surface area contributed by atoms with Gasteiger partial charge in [-0.2, -0.15) is 0 Å². The molecule has 0 amide bonds. The van der Waals surface area contributed by atoms with Crippen molar-refractivity contribution in [3.05, 3.63) is 78.0 Å². The number of aromatic nitrogens is 1. The summed E-state index contributed by atoms with van der Waals surface area (Å²) >= 11 is 0. The standard InChI is InChI=1S/C26H26N2O2/c1-5-30-26(29)25-17(2)23-22(27-25)16-15-21(18-9-7-6-8-10-18)24(23)19-11-13-20(14-12-19)28(3)4/h6-16,27H,5H2,1-4H3. The van der Waals surface area contributed by atoms with Crippen LogP contribution in [0.4, 0.5) is 5.69 Å². The summed E-state index contributed by atoms with van der Waals surface area (Å²) in [4.78, 5) is 17.9. The van der Waals surface area contributed by atoms with E-state index in [2.05, 4.69) is 52.3 Å². The number of fused-ring (bicyclic) bond motifs is 1. The van der Waals surface area contributed by atoms with Crippen molar-refractivity contribution < 1.29 is 9.53 Å². The van der Waals surface area contributed by atoms with E-state index >= 15 is 0 Å². The van der Waals surface area contributed by atoms with E-state index in [1.165, 1.54) is 0 Å². The van der Waals surface area contributed by atoms with Gasteiger partial charge in [-0.05, 0) is 59.9 Å². The highest BCUT2D eigenvalue weighted by molar-refractivity contribution is 6.09. The Kier molecular flexibility index (Phi) is 5.32. The fourth-order valence-corrected chi connectivity index (χ4v) is 3.94. The minimum atomic E-state index is -0.318. The van der Waals surface area contributed by atoms with Crippen molar-refractivity contribution in [2.45, 2.75) is 13.8 Å². The Balaban J connectivity index is 2.01. The summed E-state index contributed by atoms with van der Waals surface area (Å²) in [5.74, 6) is -0.318. The maximum absolute atomic E-state index is 12.5. The maximum atomic E-state index is 12.5.